The molecule has 1 saturated heterocycles. The Bertz CT molecular complexity index is 789. The van der Waals surface area contributed by atoms with Crippen LogP contribution in [0.1, 0.15) is 52.0 Å². The maximum absolute atomic E-state index is 12.7. The Morgan fingerprint density at radius 1 is 1.22 bits per heavy atom. The minimum atomic E-state index is -3.05. The van der Waals surface area contributed by atoms with Gasteiger partial charge in [0.25, 0.3) is 0 Å². The molecule has 150 valence electrons. The smallest absolute Gasteiger partial charge is 0.224 e. The van der Waals surface area contributed by atoms with E-state index in [1.54, 1.807) is 9.80 Å². The molecule has 1 atom stereocenters. The van der Waals surface area contributed by atoms with E-state index in [1.165, 1.54) is 6.92 Å². The van der Waals surface area contributed by atoms with Gasteiger partial charge in [0.05, 0.1) is 11.5 Å². The van der Waals surface area contributed by atoms with Gasteiger partial charge >= 0.3 is 0 Å². The third-order valence-corrected chi connectivity index (χ3v) is 6.84. The van der Waals surface area contributed by atoms with E-state index < -0.39 is 9.84 Å². The summed E-state index contributed by atoms with van der Waals surface area (Å²) in [5, 5.41) is 0. The topological polar surface area (TPSA) is 74.8 Å². The molecule has 2 rings (SSSR count). The van der Waals surface area contributed by atoms with E-state index in [1.807, 2.05) is 31.2 Å². The van der Waals surface area contributed by atoms with Gasteiger partial charge in [0.1, 0.15) is 0 Å². The zero-order valence-electron chi connectivity index (χ0n) is 16.6. The molecule has 0 N–H and O–H groups in total. The summed E-state index contributed by atoms with van der Waals surface area (Å²) in [6.07, 6.45) is 0.672. The van der Waals surface area contributed by atoms with Gasteiger partial charge in [0, 0.05) is 38.2 Å². The van der Waals surface area contributed by atoms with Crippen LogP contribution in [0.15, 0.2) is 24.3 Å². The molecule has 1 heterocycles. The molecule has 27 heavy (non-hydrogen) atoms. The predicted octanol–water partition coefficient (Wildman–Crippen LogP) is 2.59. The number of anilines is 1. The first-order valence-electron chi connectivity index (χ1n) is 9.53. The van der Waals surface area contributed by atoms with Crippen molar-refractivity contribution < 1.29 is 18.0 Å². The minimum absolute atomic E-state index is 0.0409. The first-order chi connectivity index (χ1) is 12.7. The number of rotatable bonds is 7. The Hall–Kier alpha value is -1.89. The summed E-state index contributed by atoms with van der Waals surface area (Å²) in [5.41, 5.74) is 1.90. The van der Waals surface area contributed by atoms with Crippen LogP contribution in [0.4, 0.5) is 5.69 Å². The quantitative estimate of drug-likeness (QED) is 0.712. The van der Waals surface area contributed by atoms with Gasteiger partial charge in [-0.2, -0.15) is 0 Å². The van der Waals surface area contributed by atoms with E-state index in [9.17, 15) is 18.0 Å². The zero-order chi connectivity index (χ0) is 20.2. The number of benzene rings is 1. The molecule has 1 aliphatic heterocycles. The molecule has 2 amide bonds. The Kier molecular flexibility index (Phi) is 7.03. The van der Waals surface area contributed by atoms with E-state index in [0.29, 0.717) is 13.0 Å². The summed E-state index contributed by atoms with van der Waals surface area (Å²) in [7, 11) is -3.05. The van der Waals surface area contributed by atoms with Gasteiger partial charge in [0.15, 0.2) is 9.84 Å². The zero-order valence-corrected chi connectivity index (χ0v) is 17.5. The first-order valence-corrected chi connectivity index (χ1v) is 11.3. The molecule has 0 saturated carbocycles. The van der Waals surface area contributed by atoms with Crippen molar-refractivity contribution in [3.63, 3.8) is 0 Å². The molecule has 0 spiro atoms. The molecule has 1 fully saturated rings. The van der Waals surface area contributed by atoms with E-state index >= 15 is 0 Å². The third kappa shape index (κ3) is 5.31. The SMILES string of the molecule is CCN(C(=O)CCN(C(C)=O)c1ccccc1C(C)C)C1CCS(=O)(=O)C1. The number of hydrogen-bond acceptors (Lipinski definition) is 4. The fourth-order valence-electron chi connectivity index (χ4n) is 3.68. The van der Waals surface area contributed by atoms with Crippen LogP contribution < -0.4 is 4.90 Å². The molecular formula is C20H30N2O4S. The molecular weight excluding hydrogens is 364 g/mol. The number of amides is 2. The molecule has 7 heteroatoms. The monoisotopic (exact) mass is 394 g/mol. The molecule has 0 bridgehead atoms. The van der Waals surface area contributed by atoms with Crippen LogP contribution in [0.2, 0.25) is 0 Å². The standard InChI is InChI=1S/C20H30N2O4S/c1-5-21(17-11-13-27(25,26)14-17)20(24)10-12-22(16(4)23)19-9-7-6-8-18(19)15(2)3/h6-9,15,17H,5,10-14H2,1-4H3. The van der Waals surface area contributed by atoms with E-state index in [2.05, 4.69) is 13.8 Å². The number of carbonyl (C=O) groups is 2. The largest absolute Gasteiger partial charge is 0.339 e. The van der Waals surface area contributed by atoms with Crippen LogP contribution in [0.5, 0.6) is 0 Å². The maximum atomic E-state index is 12.7. The first kappa shape index (κ1) is 21.4. The van der Waals surface area contributed by atoms with Crippen molar-refractivity contribution in [1.29, 1.82) is 0 Å². The number of nitrogens with zero attached hydrogens (tertiary/aromatic N) is 2. The van der Waals surface area contributed by atoms with E-state index in [4.69, 9.17) is 0 Å². The summed E-state index contributed by atoms with van der Waals surface area (Å²) in [5.74, 6) is 0.229. The van der Waals surface area contributed by atoms with Crippen LogP contribution >= 0.6 is 0 Å². The van der Waals surface area contributed by atoms with Crippen molar-refractivity contribution in [2.24, 2.45) is 0 Å². The van der Waals surface area contributed by atoms with Gasteiger partial charge in [-0.1, -0.05) is 32.0 Å². The number of sulfone groups is 1. The summed E-state index contributed by atoms with van der Waals surface area (Å²) in [4.78, 5) is 28.3. The highest BCUT2D eigenvalue weighted by Gasteiger charge is 2.34. The van der Waals surface area contributed by atoms with Crippen molar-refractivity contribution in [3.8, 4) is 0 Å². The molecule has 0 aliphatic carbocycles. The van der Waals surface area contributed by atoms with Crippen LogP contribution in [-0.4, -0.2) is 55.8 Å². The molecule has 1 aromatic carbocycles. The lowest BCUT2D eigenvalue weighted by Gasteiger charge is -2.29. The van der Waals surface area contributed by atoms with Gasteiger partial charge < -0.3 is 9.80 Å². The van der Waals surface area contributed by atoms with Gasteiger partial charge in [-0.25, -0.2) is 8.42 Å². The fourth-order valence-corrected chi connectivity index (χ4v) is 5.41. The van der Waals surface area contributed by atoms with Crippen molar-refractivity contribution in [3.05, 3.63) is 29.8 Å². The second-order valence-corrected chi connectivity index (χ2v) is 9.60. The van der Waals surface area contributed by atoms with E-state index in [0.717, 1.165) is 11.3 Å². The highest BCUT2D eigenvalue weighted by Crippen LogP contribution is 2.28. The average molecular weight is 395 g/mol. The maximum Gasteiger partial charge on any atom is 0.224 e. The van der Waals surface area contributed by atoms with Crippen LogP contribution in [0.25, 0.3) is 0 Å². The Morgan fingerprint density at radius 2 is 1.89 bits per heavy atom. The lowest BCUT2D eigenvalue weighted by Crippen LogP contribution is -2.43. The summed E-state index contributed by atoms with van der Waals surface area (Å²) >= 11 is 0. The highest BCUT2D eigenvalue weighted by atomic mass is 32.2. The second-order valence-electron chi connectivity index (χ2n) is 7.37. The van der Waals surface area contributed by atoms with E-state index in [-0.39, 0.29) is 48.2 Å². The van der Waals surface area contributed by atoms with Crippen molar-refractivity contribution in [1.82, 2.24) is 4.90 Å². The Labute approximate surface area is 162 Å². The lowest BCUT2D eigenvalue weighted by molar-refractivity contribution is -0.132. The Balaban J connectivity index is 2.12. The lowest BCUT2D eigenvalue weighted by atomic mass is 10.00. The molecule has 1 aromatic rings. The Morgan fingerprint density at radius 3 is 2.41 bits per heavy atom. The van der Waals surface area contributed by atoms with Gasteiger partial charge in [-0.15, -0.1) is 0 Å². The van der Waals surface area contributed by atoms with Crippen LogP contribution in [0.3, 0.4) is 0 Å². The summed E-state index contributed by atoms with van der Waals surface area (Å²) in [6, 6.07) is 7.49. The van der Waals surface area contributed by atoms with Gasteiger partial charge in [-0.05, 0) is 30.9 Å². The average Bonchev–Trinajstić information content (AvgIpc) is 2.95. The minimum Gasteiger partial charge on any atom is -0.339 e. The number of carbonyl (C=O) groups excluding carboxylic acids is 2. The fraction of sp³-hybridized carbons (Fsp3) is 0.600. The van der Waals surface area contributed by atoms with Gasteiger partial charge in [0.2, 0.25) is 11.8 Å². The van der Waals surface area contributed by atoms with Gasteiger partial charge in [-0.3, -0.25) is 9.59 Å². The summed E-state index contributed by atoms with van der Waals surface area (Å²) in [6.45, 7) is 8.27. The van der Waals surface area contributed by atoms with Crippen LogP contribution in [-0.2, 0) is 19.4 Å². The molecule has 1 unspecified atom stereocenters. The number of para-hydroxylation sites is 1. The second kappa shape index (κ2) is 8.87. The van der Waals surface area contributed by atoms with Crippen LogP contribution in [0, 0.1) is 0 Å². The normalized spacial score (nSPS) is 18.5. The van der Waals surface area contributed by atoms with Crippen molar-refractivity contribution >= 4 is 27.3 Å². The third-order valence-electron chi connectivity index (χ3n) is 5.09. The van der Waals surface area contributed by atoms with Crippen molar-refractivity contribution in [2.75, 3.05) is 29.5 Å². The molecule has 1 aliphatic rings. The molecule has 0 aromatic heterocycles. The predicted molar refractivity (Wildman–Crippen MR) is 108 cm³/mol. The molecule has 0 radical (unpaired) electrons. The molecule has 6 nitrogen and oxygen atoms in total. The number of hydrogen-bond donors (Lipinski definition) is 0. The summed E-state index contributed by atoms with van der Waals surface area (Å²) < 4.78 is 23.5. The van der Waals surface area contributed by atoms with Crippen molar-refractivity contribution in [2.45, 2.75) is 52.5 Å². The highest BCUT2D eigenvalue weighted by molar-refractivity contribution is 7.91.